The largest absolute Gasteiger partial charge is 0.471 e. The number of rotatable bonds is 5. The Balaban J connectivity index is 1.49. The molecular weight excluding hydrogens is 542 g/mol. The minimum absolute atomic E-state index is 0.00798. The Kier molecular flexibility index (Phi) is 7.04. The number of alkyl halides is 3. The molecule has 41 heavy (non-hydrogen) atoms. The fourth-order valence-electron chi connectivity index (χ4n) is 6.63. The first-order valence-electron chi connectivity index (χ1n) is 13.3. The second kappa shape index (κ2) is 10.1. The van der Waals surface area contributed by atoms with Crippen molar-refractivity contribution in [2.75, 3.05) is 6.54 Å². The van der Waals surface area contributed by atoms with Gasteiger partial charge in [-0.3, -0.25) is 19.4 Å². The molecule has 3 aliphatic rings. The molecular formula is C29H29F4N5O3. The molecule has 3 amide bonds. The number of allylic oxidation sites excluding steroid dienone is 2. The van der Waals surface area contributed by atoms with E-state index in [0.29, 0.717) is 17.4 Å². The van der Waals surface area contributed by atoms with Gasteiger partial charge in [-0.15, -0.1) is 0 Å². The van der Waals surface area contributed by atoms with Crippen molar-refractivity contribution in [2.45, 2.75) is 51.5 Å². The number of pyridine rings is 1. The first kappa shape index (κ1) is 28.5. The van der Waals surface area contributed by atoms with Crippen LogP contribution in [0.15, 0.2) is 48.6 Å². The monoisotopic (exact) mass is 571 g/mol. The van der Waals surface area contributed by atoms with Crippen LogP contribution in [0.25, 0.3) is 10.8 Å². The third kappa shape index (κ3) is 5.02. The summed E-state index contributed by atoms with van der Waals surface area (Å²) < 4.78 is 54.3. The molecule has 2 bridgehead atoms. The van der Waals surface area contributed by atoms with Gasteiger partial charge in [0, 0.05) is 41.7 Å². The highest BCUT2D eigenvalue weighted by Gasteiger charge is 2.61. The van der Waals surface area contributed by atoms with E-state index in [4.69, 9.17) is 0 Å². The second-order valence-corrected chi connectivity index (χ2v) is 12.0. The molecule has 1 aromatic heterocycles. The molecule has 1 saturated heterocycles. The Bertz CT molecular complexity index is 1470. The first-order chi connectivity index (χ1) is 19.2. The van der Waals surface area contributed by atoms with E-state index in [-0.39, 0.29) is 24.2 Å². The molecule has 0 radical (unpaired) electrons. The number of hydrogen-bond acceptors (Lipinski definition) is 5. The van der Waals surface area contributed by atoms with Gasteiger partial charge in [-0.2, -0.15) is 18.4 Å². The SMILES string of the molecule is CC(C)(C)[C@H](NC(=O)C(F)(F)F)C(=O)N1C[C@H]2[C@H]([C@@H]3C[C@H]2C=C3F)[C@H]1C(=O)N[C@@H](C#N)c1cncc2ccccc12. The Morgan fingerprint density at radius 2 is 1.83 bits per heavy atom. The van der Waals surface area contributed by atoms with Crippen LogP contribution < -0.4 is 10.6 Å². The number of nitrogens with one attached hydrogen (secondary N) is 2. The lowest BCUT2D eigenvalue weighted by Crippen LogP contribution is -2.60. The second-order valence-electron chi connectivity index (χ2n) is 12.0. The van der Waals surface area contributed by atoms with Crippen LogP contribution in [0.5, 0.6) is 0 Å². The Labute approximate surface area is 233 Å². The van der Waals surface area contributed by atoms with Gasteiger partial charge >= 0.3 is 12.1 Å². The molecule has 2 N–H and O–H groups in total. The Morgan fingerprint density at radius 3 is 2.49 bits per heavy atom. The summed E-state index contributed by atoms with van der Waals surface area (Å²) in [4.78, 5) is 45.0. The van der Waals surface area contributed by atoms with Gasteiger partial charge in [-0.1, -0.05) is 45.0 Å². The van der Waals surface area contributed by atoms with Crippen molar-refractivity contribution in [3.63, 3.8) is 0 Å². The zero-order valence-electron chi connectivity index (χ0n) is 22.6. The molecule has 7 atom stereocenters. The number of carbonyl (C=O) groups is 3. The molecule has 12 heteroatoms. The van der Waals surface area contributed by atoms with Crippen LogP contribution in [-0.4, -0.2) is 52.4 Å². The number of nitriles is 1. The maximum Gasteiger partial charge on any atom is 0.471 e. The van der Waals surface area contributed by atoms with E-state index < -0.39 is 59.3 Å². The first-order valence-corrected chi connectivity index (χ1v) is 13.3. The topological polar surface area (TPSA) is 115 Å². The van der Waals surface area contributed by atoms with Crippen LogP contribution in [0.3, 0.4) is 0 Å². The highest BCUT2D eigenvalue weighted by molar-refractivity contribution is 5.95. The van der Waals surface area contributed by atoms with Crippen molar-refractivity contribution < 1.29 is 31.9 Å². The van der Waals surface area contributed by atoms with Crippen LogP contribution >= 0.6 is 0 Å². The van der Waals surface area contributed by atoms with E-state index in [9.17, 15) is 37.2 Å². The number of amides is 3. The van der Waals surface area contributed by atoms with E-state index in [1.54, 1.807) is 30.5 Å². The van der Waals surface area contributed by atoms with Crippen LogP contribution in [0.4, 0.5) is 17.6 Å². The van der Waals surface area contributed by atoms with Crippen molar-refractivity contribution in [1.29, 1.82) is 5.26 Å². The molecule has 2 aromatic rings. The van der Waals surface area contributed by atoms with Gasteiger partial charge in [0.2, 0.25) is 11.8 Å². The highest BCUT2D eigenvalue weighted by atomic mass is 19.4. The van der Waals surface area contributed by atoms with Crippen molar-refractivity contribution in [3.8, 4) is 6.07 Å². The maximum absolute atomic E-state index is 14.8. The van der Waals surface area contributed by atoms with Crippen molar-refractivity contribution in [3.05, 3.63) is 54.1 Å². The number of benzene rings is 1. The van der Waals surface area contributed by atoms with Crippen LogP contribution in [-0.2, 0) is 14.4 Å². The number of halogens is 4. The van der Waals surface area contributed by atoms with Crippen LogP contribution in [0, 0.1) is 40.4 Å². The van der Waals surface area contributed by atoms with Crippen molar-refractivity contribution >= 4 is 28.5 Å². The van der Waals surface area contributed by atoms with Crippen molar-refractivity contribution in [1.82, 2.24) is 20.5 Å². The molecule has 2 heterocycles. The number of hydrogen-bond donors (Lipinski definition) is 2. The number of carbonyl (C=O) groups excluding carboxylic acids is 3. The molecule has 2 aliphatic carbocycles. The molecule has 2 fully saturated rings. The van der Waals surface area contributed by atoms with E-state index in [2.05, 4.69) is 16.4 Å². The predicted octanol–water partition coefficient (Wildman–Crippen LogP) is 3.96. The molecule has 0 spiro atoms. The maximum atomic E-state index is 14.8. The zero-order valence-corrected chi connectivity index (χ0v) is 22.6. The van der Waals surface area contributed by atoms with Gasteiger partial charge in [0.25, 0.3) is 0 Å². The molecule has 5 rings (SSSR count). The summed E-state index contributed by atoms with van der Waals surface area (Å²) in [7, 11) is 0. The molecule has 1 aromatic carbocycles. The standard InChI is InChI=1S/C29H29F4N5O3/c1-28(2,3)24(37-27(41)29(31,32)33)26(40)38-13-19-15-8-17(20(30)9-15)22(19)23(38)25(39)36-21(10-34)18-12-35-11-14-6-4-5-7-16(14)18/h4-7,9,11-12,15,17,19,21-24H,8,13H2,1-3H3,(H,36,39)(H,37,41)/t15-,17+,19+,21-,22-,23-,24+/m0/s1. The quantitative estimate of drug-likeness (QED) is 0.528. The minimum Gasteiger partial charge on any atom is -0.336 e. The normalized spacial score (nSPS) is 26.6. The minimum atomic E-state index is -5.22. The van der Waals surface area contributed by atoms with Gasteiger partial charge in [0.15, 0.2) is 0 Å². The third-order valence-electron chi connectivity index (χ3n) is 8.49. The van der Waals surface area contributed by atoms with Crippen molar-refractivity contribution in [2.24, 2.45) is 29.1 Å². The molecule has 1 aliphatic heterocycles. The lowest BCUT2D eigenvalue weighted by molar-refractivity contribution is -0.176. The fraction of sp³-hybridized carbons (Fsp3) is 0.483. The molecule has 0 unspecified atom stereocenters. The van der Waals surface area contributed by atoms with Crippen LogP contribution in [0.2, 0.25) is 0 Å². The lowest BCUT2D eigenvalue weighted by Gasteiger charge is -2.37. The summed E-state index contributed by atoms with van der Waals surface area (Å²) in [5.74, 6) is -6.02. The molecule has 8 nitrogen and oxygen atoms in total. The number of likely N-dealkylation sites (tertiary alicyclic amines) is 1. The Morgan fingerprint density at radius 1 is 1.12 bits per heavy atom. The summed E-state index contributed by atoms with van der Waals surface area (Å²) in [5, 5.41) is 15.9. The average Bonchev–Trinajstić information content (AvgIpc) is 3.58. The molecule has 216 valence electrons. The van der Waals surface area contributed by atoms with Gasteiger partial charge in [0.05, 0.1) is 11.9 Å². The Hall–Kier alpha value is -4.01. The van der Waals surface area contributed by atoms with E-state index >= 15 is 0 Å². The van der Waals surface area contributed by atoms with Gasteiger partial charge < -0.3 is 15.5 Å². The average molecular weight is 572 g/mol. The fourth-order valence-corrected chi connectivity index (χ4v) is 6.63. The molecule has 1 saturated carbocycles. The summed E-state index contributed by atoms with van der Waals surface area (Å²) in [6.07, 6.45) is -0.195. The van der Waals surface area contributed by atoms with E-state index in [1.165, 1.54) is 37.9 Å². The number of nitrogens with zero attached hydrogens (tertiary/aromatic N) is 3. The summed E-state index contributed by atoms with van der Waals surface area (Å²) >= 11 is 0. The number of aromatic nitrogens is 1. The van der Waals surface area contributed by atoms with E-state index in [0.717, 1.165) is 5.39 Å². The smallest absolute Gasteiger partial charge is 0.336 e. The van der Waals surface area contributed by atoms with Gasteiger partial charge in [-0.05, 0) is 35.1 Å². The number of fused-ring (bicyclic) bond motifs is 6. The summed E-state index contributed by atoms with van der Waals surface area (Å²) in [5.41, 5.74) is -0.723. The predicted molar refractivity (Wildman–Crippen MR) is 139 cm³/mol. The third-order valence-corrected chi connectivity index (χ3v) is 8.49. The summed E-state index contributed by atoms with van der Waals surface area (Å²) in [6, 6.07) is 5.17. The van der Waals surface area contributed by atoms with Gasteiger partial charge in [-0.25, -0.2) is 4.39 Å². The lowest BCUT2D eigenvalue weighted by atomic mass is 9.81. The summed E-state index contributed by atoms with van der Waals surface area (Å²) in [6.45, 7) is 4.51. The highest BCUT2D eigenvalue weighted by Crippen LogP contribution is 2.57. The zero-order chi connectivity index (χ0) is 29.9. The van der Waals surface area contributed by atoms with Gasteiger partial charge in [0.1, 0.15) is 18.1 Å². The van der Waals surface area contributed by atoms with E-state index in [1.807, 2.05) is 5.32 Å². The van der Waals surface area contributed by atoms with Crippen LogP contribution in [0.1, 0.15) is 38.8 Å².